The average molecular weight is 283 g/mol. The van der Waals surface area contributed by atoms with E-state index in [0.717, 1.165) is 16.8 Å². The Balaban J connectivity index is 2.14. The van der Waals surface area contributed by atoms with Gasteiger partial charge in [-0.1, -0.05) is 32.0 Å². The molecule has 1 aromatic heterocycles. The highest BCUT2D eigenvalue weighted by atomic mass is 16.1. The molecule has 2 rings (SSSR count). The van der Waals surface area contributed by atoms with E-state index >= 15 is 0 Å². The van der Waals surface area contributed by atoms with Crippen LogP contribution in [0.2, 0.25) is 0 Å². The number of anilines is 1. The van der Waals surface area contributed by atoms with Crippen LogP contribution in [0.5, 0.6) is 0 Å². The molecule has 0 saturated heterocycles. The van der Waals surface area contributed by atoms with Gasteiger partial charge in [0.1, 0.15) is 5.69 Å². The van der Waals surface area contributed by atoms with Crippen LogP contribution in [0.3, 0.4) is 0 Å². The number of benzene rings is 1. The van der Waals surface area contributed by atoms with Crippen molar-refractivity contribution in [3.8, 4) is 0 Å². The monoisotopic (exact) mass is 283 g/mol. The molecule has 0 radical (unpaired) electrons. The summed E-state index contributed by atoms with van der Waals surface area (Å²) in [6.45, 7) is 6.64. The van der Waals surface area contributed by atoms with Gasteiger partial charge >= 0.3 is 0 Å². The lowest BCUT2D eigenvalue weighted by Gasteiger charge is -2.23. The normalized spacial score (nSPS) is 11.2. The molecular weight excluding hydrogens is 262 g/mol. The highest BCUT2D eigenvalue weighted by Gasteiger charge is 2.18. The van der Waals surface area contributed by atoms with E-state index in [1.165, 1.54) is 0 Å². The molecule has 21 heavy (non-hydrogen) atoms. The lowest BCUT2D eigenvalue weighted by molar-refractivity contribution is 0.102. The van der Waals surface area contributed by atoms with Crippen LogP contribution >= 0.6 is 0 Å². The first-order valence-corrected chi connectivity index (χ1v) is 6.97. The van der Waals surface area contributed by atoms with Gasteiger partial charge in [0.15, 0.2) is 0 Å². The minimum atomic E-state index is -0.195. The van der Waals surface area contributed by atoms with Gasteiger partial charge in [-0.3, -0.25) is 9.78 Å². The molecule has 0 aliphatic carbocycles. The molecule has 1 aromatic carbocycles. The van der Waals surface area contributed by atoms with Crippen molar-refractivity contribution in [2.24, 2.45) is 5.73 Å². The zero-order valence-corrected chi connectivity index (χ0v) is 12.7. The highest BCUT2D eigenvalue weighted by Crippen LogP contribution is 2.23. The second-order valence-corrected chi connectivity index (χ2v) is 5.79. The van der Waals surface area contributed by atoms with Crippen molar-refractivity contribution in [2.75, 3.05) is 11.9 Å². The van der Waals surface area contributed by atoms with Crippen LogP contribution in [0.1, 0.15) is 35.5 Å². The number of amides is 1. The molecule has 3 N–H and O–H groups in total. The number of nitrogens with two attached hydrogens (primary N) is 1. The summed E-state index contributed by atoms with van der Waals surface area (Å²) in [5.41, 5.74) is 8.91. The van der Waals surface area contributed by atoms with E-state index in [9.17, 15) is 4.79 Å². The Kier molecular flexibility index (Phi) is 4.38. The van der Waals surface area contributed by atoms with E-state index in [1.807, 2.05) is 43.3 Å². The largest absolute Gasteiger partial charge is 0.330 e. The number of aryl methyl sites for hydroxylation is 1. The Morgan fingerprint density at radius 1 is 1.24 bits per heavy atom. The minimum Gasteiger partial charge on any atom is -0.330 e. The molecule has 4 nitrogen and oxygen atoms in total. The summed E-state index contributed by atoms with van der Waals surface area (Å²) in [5, 5.41) is 2.86. The number of nitrogens with one attached hydrogen (secondary N) is 1. The van der Waals surface area contributed by atoms with E-state index < -0.39 is 0 Å². The van der Waals surface area contributed by atoms with Crippen molar-refractivity contribution in [3.63, 3.8) is 0 Å². The molecule has 0 aliphatic rings. The molecule has 0 saturated carbocycles. The summed E-state index contributed by atoms with van der Waals surface area (Å²) >= 11 is 0. The summed E-state index contributed by atoms with van der Waals surface area (Å²) in [4.78, 5) is 16.3. The van der Waals surface area contributed by atoms with Crippen LogP contribution in [0.4, 0.5) is 5.69 Å². The number of hydrogen-bond acceptors (Lipinski definition) is 3. The SMILES string of the molecule is Cc1cccnc1C(=O)Nc1ccc(C(C)(C)CN)cc1. The number of hydrogen-bond donors (Lipinski definition) is 2. The molecular formula is C17H21N3O. The number of aromatic nitrogens is 1. The van der Waals surface area contributed by atoms with Gasteiger partial charge in [0.2, 0.25) is 0 Å². The van der Waals surface area contributed by atoms with Crippen molar-refractivity contribution < 1.29 is 4.79 Å². The molecule has 0 spiro atoms. The van der Waals surface area contributed by atoms with Crippen LogP contribution in [-0.4, -0.2) is 17.4 Å². The number of rotatable bonds is 4. The third kappa shape index (κ3) is 3.47. The molecule has 0 bridgehead atoms. The molecule has 0 unspecified atom stereocenters. The maximum atomic E-state index is 12.2. The first-order valence-electron chi connectivity index (χ1n) is 6.97. The summed E-state index contributed by atoms with van der Waals surface area (Å²) in [6.07, 6.45) is 1.62. The second-order valence-electron chi connectivity index (χ2n) is 5.79. The van der Waals surface area contributed by atoms with Gasteiger partial charge in [-0.25, -0.2) is 0 Å². The van der Waals surface area contributed by atoms with Gasteiger partial charge in [-0.05, 0) is 36.2 Å². The topological polar surface area (TPSA) is 68.0 Å². The lowest BCUT2D eigenvalue weighted by Crippen LogP contribution is -2.28. The molecule has 1 heterocycles. The van der Waals surface area contributed by atoms with Gasteiger partial charge < -0.3 is 11.1 Å². The zero-order chi connectivity index (χ0) is 15.5. The second kappa shape index (κ2) is 6.06. The Morgan fingerprint density at radius 3 is 2.48 bits per heavy atom. The fourth-order valence-electron chi connectivity index (χ4n) is 2.04. The maximum Gasteiger partial charge on any atom is 0.274 e. The first kappa shape index (κ1) is 15.2. The molecule has 110 valence electrons. The maximum absolute atomic E-state index is 12.2. The summed E-state index contributed by atoms with van der Waals surface area (Å²) < 4.78 is 0. The van der Waals surface area contributed by atoms with Gasteiger partial charge in [-0.15, -0.1) is 0 Å². The zero-order valence-electron chi connectivity index (χ0n) is 12.7. The summed E-state index contributed by atoms with van der Waals surface area (Å²) in [6, 6.07) is 11.5. The predicted molar refractivity (Wildman–Crippen MR) is 85.4 cm³/mol. The Morgan fingerprint density at radius 2 is 1.90 bits per heavy atom. The van der Waals surface area contributed by atoms with E-state index in [-0.39, 0.29) is 11.3 Å². The predicted octanol–water partition coefficient (Wildman–Crippen LogP) is 2.88. The van der Waals surface area contributed by atoms with E-state index in [4.69, 9.17) is 5.73 Å². The highest BCUT2D eigenvalue weighted by molar-refractivity contribution is 6.03. The van der Waals surface area contributed by atoms with Crippen LogP contribution in [0, 0.1) is 6.92 Å². The fourth-order valence-corrected chi connectivity index (χ4v) is 2.04. The van der Waals surface area contributed by atoms with E-state index in [2.05, 4.69) is 24.1 Å². The fraction of sp³-hybridized carbons (Fsp3) is 0.294. The smallest absolute Gasteiger partial charge is 0.274 e. The van der Waals surface area contributed by atoms with Crippen molar-refractivity contribution in [1.29, 1.82) is 0 Å². The van der Waals surface area contributed by atoms with E-state index in [1.54, 1.807) is 6.20 Å². The van der Waals surface area contributed by atoms with Gasteiger partial charge in [0, 0.05) is 23.8 Å². The van der Waals surface area contributed by atoms with Gasteiger partial charge in [0.25, 0.3) is 5.91 Å². The van der Waals surface area contributed by atoms with Crippen molar-refractivity contribution in [3.05, 3.63) is 59.4 Å². The van der Waals surface area contributed by atoms with Crippen LogP contribution in [0.15, 0.2) is 42.6 Å². The molecule has 2 aromatic rings. The first-order chi connectivity index (χ1) is 9.94. The Bertz CT molecular complexity index is 633. The molecule has 0 atom stereocenters. The molecule has 0 aliphatic heterocycles. The summed E-state index contributed by atoms with van der Waals surface area (Å²) in [7, 11) is 0. The minimum absolute atomic E-state index is 0.0693. The average Bonchev–Trinajstić information content (AvgIpc) is 2.48. The third-order valence-corrected chi connectivity index (χ3v) is 3.66. The lowest BCUT2D eigenvalue weighted by atomic mass is 9.85. The number of carbonyl (C=O) groups excluding carboxylic acids is 1. The quantitative estimate of drug-likeness (QED) is 0.906. The van der Waals surface area contributed by atoms with Crippen molar-refractivity contribution in [1.82, 2.24) is 4.98 Å². The number of pyridine rings is 1. The van der Waals surface area contributed by atoms with E-state index in [0.29, 0.717) is 12.2 Å². The Labute approximate surface area is 125 Å². The standard InChI is InChI=1S/C17H21N3O/c1-12-5-4-10-19-15(12)16(21)20-14-8-6-13(7-9-14)17(2,3)11-18/h4-10H,11,18H2,1-3H3,(H,20,21). The molecule has 4 heteroatoms. The van der Waals surface area contributed by atoms with Crippen LogP contribution in [0.25, 0.3) is 0 Å². The Hall–Kier alpha value is -2.20. The van der Waals surface area contributed by atoms with Crippen LogP contribution < -0.4 is 11.1 Å². The number of carbonyl (C=O) groups is 1. The van der Waals surface area contributed by atoms with Crippen molar-refractivity contribution in [2.45, 2.75) is 26.2 Å². The number of nitrogens with zero attached hydrogens (tertiary/aromatic N) is 1. The van der Waals surface area contributed by atoms with Crippen molar-refractivity contribution >= 4 is 11.6 Å². The van der Waals surface area contributed by atoms with Gasteiger partial charge in [0.05, 0.1) is 0 Å². The molecule has 1 amide bonds. The van der Waals surface area contributed by atoms with Gasteiger partial charge in [-0.2, -0.15) is 0 Å². The summed E-state index contributed by atoms with van der Waals surface area (Å²) in [5.74, 6) is -0.195. The van der Waals surface area contributed by atoms with Crippen LogP contribution in [-0.2, 0) is 5.41 Å². The third-order valence-electron chi connectivity index (χ3n) is 3.66. The molecule has 0 fully saturated rings.